The third kappa shape index (κ3) is 4.87. The van der Waals surface area contributed by atoms with Crippen LogP contribution in [-0.2, 0) is 24.3 Å². The lowest BCUT2D eigenvalue weighted by molar-refractivity contribution is -0.145. The molecule has 2 aromatic rings. The van der Waals surface area contributed by atoms with Gasteiger partial charge < -0.3 is 14.4 Å². The maximum absolute atomic E-state index is 14.0. The number of likely N-dealkylation sites (tertiary alicyclic amines) is 1. The number of rotatable bonds is 6. The Morgan fingerprint density at radius 1 is 1.19 bits per heavy atom. The summed E-state index contributed by atoms with van der Waals surface area (Å²) in [5, 5.41) is 0.153. The first-order valence-electron chi connectivity index (χ1n) is 9.57. The Morgan fingerprint density at radius 2 is 1.91 bits per heavy atom. The zero-order valence-corrected chi connectivity index (χ0v) is 19.2. The van der Waals surface area contributed by atoms with Crippen molar-refractivity contribution >= 4 is 39.2 Å². The molecule has 1 heterocycles. The highest BCUT2D eigenvalue weighted by molar-refractivity contribution is 7.92. The number of benzene rings is 2. The third-order valence-electron chi connectivity index (χ3n) is 5.23. The molecule has 11 heteroatoms. The molecule has 1 aliphatic heterocycles. The van der Waals surface area contributed by atoms with Gasteiger partial charge in [-0.15, -0.1) is 0 Å². The summed E-state index contributed by atoms with van der Waals surface area (Å²) in [5.74, 6) is -1.94. The van der Waals surface area contributed by atoms with Gasteiger partial charge in [-0.3, -0.25) is 9.52 Å². The minimum Gasteiger partial charge on any atom is -0.467 e. The molecule has 0 radical (unpaired) electrons. The predicted octanol–water partition coefficient (Wildman–Crippen LogP) is 2.99. The van der Waals surface area contributed by atoms with Crippen molar-refractivity contribution in [1.29, 1.82) is 0 Å². The van der Waals surface area contributed by atoms with Crippen LogP contribution in [0.3, 0.4) is 0 Å². The van der Waals surface area contributed by atoms with E-state index in [9.17, 15) is 22.4 Å². The Hall–Kier alpha value is -2.69. The van der Waals surface area contributed by atoms with Crippen molar-refractivity contribution in [3.63, 3.8) is 0 Å². The number of halogens is 2. The van der Waals surface area contributed by atoms with Crippen LogP contribution in [0.15, 0.2) is 41.3 Å². The number of methoxy groups -OCH3 is 2. The molecule has 1 N–H and O–H groups in total. The Labute approximate surface area is 190 Å². The number of ether oxygens (including phenoxy) is 2. The lowest BCUT2D eigenvalue weighted by atomic mass is 10.1. The largest absolute Gasteiger partial charge is 0.467 e. The number of amides is 1. The first kappa shape index (κ1) is 24.0. The molecule has 8 nitrogen and oxygen atoms in total. The van der Waals surface area contributed by atoms with Crippen molar-refractivity contribution in [2.75, 3.05) is 25.5 Å². The van der Waals surface area contributed by atoms with Crippen LogP contribution in [-0.4, -0.2) is 58.1 Å². The summed E-state index contributed by atoms with van der Waals surface area (Å²) < 4.78 is 52.2. The highest BCUT2D eigenvalue weighted by atomic mass is 35.5. The van der Waals surface area contributed by atoms with Crippen molar-refractivity contribution in [1.82, 2.24) is 4.90 Å². The van der Waals surface area contributed by atoms with Crippen LogP contribution >= 0.6 is 11.6 Å². The molecular formula is C21H22ClFN2O6S. The number of carbonyl (C=O) groups is 2. The smallest absolute Gasteiger partial charge is 0.328 e. The third-order valence-corrected chi connectivity index (χ3v) is 6.97. The Balaban J connectivity index is 1.95. The van der Waals surface area contributed by atoms with Crippen LogP contribution in [0, 0.1) is 12.7 Å². The first-order valence-corrected chi connectivity index (χ1v) is 11.4. The molecule has 0 saturated carbocycles. The Kier molecular flexibility index (Phi) is 7.06. The fourth-order valence-corrected chi connectivity index (χ4v) is 5.02. The van der Waals surface area contributed by atoms with Crippen LogP contribution in [0.1, 0.15) is 22.3 Å². The molecule has 1 amide bonds. The SMILES string of the molecule is COC(=O)[C@@H]1C[C@H](OC)CN1C(=O)c1ccc(C)c(S(=O)(=O)Nc2cc(Cl)ccc2F)c1. The maximum atomic E-state index is 14.0. The van der Waals surface area contributed by atoms with Gasteiger partial charge >= 0.3 is 5.97 Å². The zero-order chi connectivity index (χ0) is 23.6. The molecular weight excluding hydrogens is 463 g/mol. The van der Waals surface area contributed by atoms with Crippen molar-refractivity contribution in [3.05, 3.63) is 58.4 Å². The second kappa shape index (κ2) is 9.43. The molecule has 3 rings (SSSR count). The van der Waals surface area contributed by atoms with Gasteiger partial charge in [-0.2, -0.15) is 0 Å². The molecule has 2 aromatic carbocycles. The van der Waals surface area contributed by atoms with E-state index in [4.69, 9.17) is 21.1 Å². The fraction of sp³-hybridized carbons (Fsp3) is 0.333. The summed E-state index contributed by atoms with van der Waals surface area (Å²) in [7, 11) is -1.55. The molecule has 172 valence electrons. The van der Waals surface area contributed by atoms with Crippen molar-refractivity contribution in [2.45, 2.75) is 30.4 Å². The number of nitrogens with one attached hydrogen (secondary N) is 1. The van der Waals surface area contributed by atoms with E-state index in [1.807, 2.05) is 0 Å². The van der Waals surface area contributed by atoms with Gasteiger partial charge in [0.1, 0.15) is 11.9 Å². The molecule has 0 spiro atoms. The molecule has 1 fully saturated rings. The number of sulfonamides is 1. The van der Waals surface area contributed by atoms with Gasteiger partial charge in [0.15, 0.2) is 0 Å². The topological polar surface area (TPSA) is 102 Å². The van der Waals surface area contributed by atoms with E-state index in [1.54, 1.807) is 6.92 Å². The van der Waals surface area contributed by atoms with E-state index in [0.29, 0.717) is 5.56 Å². The van der Waals surface area contributed by atoms with E-state index in [-0.39, 0.29) is 40.2 Å². The highest BCUT2D eigenvalue weighted by Crippen LogP contribution is 2.27. The summed E-state index contributed by atoms with van der Waals surface area (Å²) >= 11 is 5.84. The van der Waals surface area contributed by atoms with E-state index >= 15 is 0 Å². The number of hydrogen-bond donors (Lipinski definition) is 1. The molecule has 0 unspecified atom stereocenters. The van der Waals surface area contributed by atoms with Crippen LogP contribution in [0.4, 0.5) is 10.1 Å². The van der Waals surface area contributed by atoms with Gasteiger partial charge in [-0.1, -0.05) is 17.7 Å². The summed E-state index contributed by atoms with van der Waals surface area (Å²) in [6.45, 7) is 1.70. The average Bonchev–Trinajstić information content (AvgIpc) is 3.20. The van der Waals surface area contributed by atoms with Crippen molar-refractivity contribution in [2.24, 2.45) is 0 Å². The van der Waals surface area contributed by atoms with E-state index < -0.39 is 33.8 Å². The quantitative estimate of drug-likeness (QED) is 0.632. The summed E-state index contributed by atoms with van der Waals surface area (Å²) in [6, 6.07) is 6.75. The molecule has 1 saturated heterocycles. The van der Waals surface area contributed by atoms with Gasteiger partial charge in [0.05, 0.1) is 23.8 Å². The predicted molar refractivity (Wildman–Crippen MR) is 116 cm³/mol. The van der Waals surface area contributed by atoms with Gasteiger partial charge in [0.2, 0.25) is 0 Å². The van der Waals surface area contributed by atoms with E-state index in [1.165, 1.54) is 43.4 Å². The molecule has 2 atom stereocenters. The van der Waals surface area contributed by atoms with Crippen LogP contribution in [0.5, 0.6) is 0 Å². The summed E-state index contributed by atoms with van der Waals surface area (Å²) in [6.07, 6.45) is -0.0918. The number of esters is 1. The Morgan fingerprint density at radius 3 is 2.56 bits per heavy atom. The molecule has 0 bridgehead atoms. The Bertz CT molecular complexity index is 1160. The first-order chi connectivity index (χ1) is 15.1. The molecule has 1 aliphatic rings. The fourth-order valence-electron chi connectivity index (χ4n) is 3.52. The van der Waals surface area contributed by atoms with E-state index in [0.717, 1.165) is 12.1 Å². The monoisotopic (exact) mass is 484 g/mol. The number of aryl methyl sites for hydroxylation is 1. The highest BCUT2D eigenvalue weighted by Gasteiger charge is 2.41. The van der Waals surface area contributed by atoms with Crippen molar-refractivity contribution < 1.29 is 31.9 Å². The lowest BCUT2D eigenvalue weighted by Crippen LogP contribution is -2.41. The number of carbonyl (C=O) groups excluding carboxylic acids is 2. The van der Waals surface area contributed by atoms with E-state index in [2.05, 4.69) is 4.72 Å². The molecule has 0 aliphatic carbocycles. The normalized spacial score (nSPS) is 18.5. The van der Waals surface area contributed by atoms with Crippen molar-refractivity contribution in [3.8, 4) is 0 Å². The van der Waals surface area contributed by atoms with Crippen LogP contribution < -0.4 is 4.72 Å². The van der Waals surface area contributed by atoms with Gasteiger partial charge in [-0.05, 0) is 42.8 Å². The molecule has 0 aromatic heterocycles. The molecule has 32 heavy (non-hydrogen) atoms. The number of anilines is 1. The minimum absolute atomic E-state index is 0.0493. The van der Waals surface area contributed by atoms with Crippen LogP contribution in [0.25, 0.3) is 0 Å². The lowest BCUT2D eigenvalue weighted by Gasteiger charge is -2.23. The van der Waals surface area contributed by atoms with Gasteiger partial charge in [-0.25, -0.2) is 17.6 Å². The number of hydrogen-bond acceptors (Lipinski definition) is 6. The summed E-state index contributed by atoms with van der Waals surface area (Å²) in [4.78, 5) is 26.4. The van der Waals surface area contributed by atoms with Gasteiger partial charge in [0, 0.05) is 30.7 Å². The zero-order valence-electron chi connectivity index (χ0n) is 17.6. The second-order valence-corrected chi connectivity index (χ2v) is 9.39. The standard InChI is InChI=1S/C21H22ClFN2O6S/c1-12-4-5-13(20(26)25-11-15(30-2)10-18(25)21(27)31-3)8-19(12)32(28,29)24-17-9-14(22)6-7-16(17)23/h4-9,15,18,24H,10-11H2,1-3H3/t15-,18-/m0/s1. The minimum atomic E-state index is -4.25. The summed E-state index contributed by atoms with van der Waals surface area (Å²) in [5.41, 5.74) is 0.0762. The second-order valence-electron chi connectivity index (χ2n) is 7.30. The maximum Gasteiger partial charge on any atom is 0.328 e. The average molecular weight is 485 g/mol. The van der Waals surface area contributed by atoms with Gasteiger partial charge in [0.25, 0.3) is 15.9 Å². The number of nitrogens with zero attached hydrogens (tertiary/aromatic N) is 1. The van der Waals surface area contributed by atoms with Crippen LogP contribution in [0.2, 0.25) is 5.02 Å².